The molecule has 10 heavy (non-hydrogen) atoms. The topological polar surface area (TPSA) is 49.4 Å². The summed E-state index contributed by atoms with van der Waals surface area (Å²) < 4.78 is 0. The van der Waals surface area contributed by atoms with Gasteiger partial charge in [0.25, 0.3) is 0 Å². The third-order valence-corrected chi connectivity index (χ3v) is 1.48. The van der Waals surface area contributed by atoms with Crippen LogP contribution in [0.25, 0.3) is 0 Å². The van der Waals surface area contributed by atoms with Crippen LogP contribution in [-0.4, -0.2) is 6.17 Å². The van der Waals surface area contributed by atoms with Gasteiger partial charge >= 0.3 is 0 Å². The Bertz CT molecular complexity index is 129. The molecule has 0 aromatic heterocycles. The molecule has 0 spiro atoms. The van der Waals surface area contributed by atoms with Crippen molar-refractivity contribution >= 4 is 0 Å². The van der Waals surface area contributed by atoms with Gasteiger partial charge in [-0.05, 0) is 23.3 Å². The van der Waals surface area contributed by atoms with Crippen LogP contribution >= 0.6 is 0 Å². The van der Waals surface area contributed by atoms with Crippen LogP contribution in [0.15, 0.2) is 20.7 Å². The van der Waals surface area contributed by atoms with Gasteiger partial charge < -0.3 is 0 Å². The van der Waals surface area contributed by atoms with Crippen LogP contribution in [0.1, 0.15) is 32.6 Å². The molecule has 0 aromatic carbocycles. The average Bonchev–Trinajstić information content (AvgIpc) is 2.41. The van der Waals surface area contributed by atoms with Gasteiger partial charge in [-0.1, -0.05) is 19.8 Å². The van der Waals surface area contributed by atoms with Crippen molar-refractivity contribution in [3.63, 3.8) is 0 Å². The summed E-state index contributed by atoms with van der Waals surface area (Å²) in [6.45, 7) is 2.18. The summed E-state index contributed by atoms with van der Waals surface area (Å²) in [7, 11) is 0. The largest absolute Gasteiger partial charge is 0.185 e. The zero-order chi connectivity index (χ0) is 7.23. The van der Waals surface area contributed by atoms with Gasteiger partial charge in [-0.15, -0.1) is 10.2 Å². The van der Waals surface area contributed by atoms with E-state index in [1.165, 1.54) is 19.3 Å². The maximum absolute atomic E-state index is 3.80. The van der Waals surface area contributed by atoms with Crippen molar-refractivity contribution in [2.45, 2.75) is 38.8 Å². The van der Waals surface area contributed by atoms with Crippen molar-refractivity contribution in [3.8, 4) is 0 Å². The molecule has 0 atom stereocenters. The smallest absolute Gasteiger partial charge is 0.138 e. The molecule has 4 heteroatoms. The Labute approximate surface area is 60.4 Å². The highest BCUT2D eigenvalue weighted by Crippen LogP contribution is 2.12. The molecule has 0 amide bonds. The van der Waals surface area contributed by atoms with Gasteiger partial charge in [-0.2, -0.15) is 0 Å². The molecule has 56 valence electrons. The summed E-state index contributed by atoms with van der Waals surface area (Å²) in [6, 6.07) is 0. The van der Waals surface area contributed by atoms with E-state index in [1.807, 2.05) is 0 Å². The van der Waals surface area contributed by atoms with Gasteiger partial charge in [0.2, 0.25) is 0 Å². The highest BCUT2D eigenvalue weighted by molar-refractivity contribution is 4.60. The van der Waals surface area contributed by atoms with Crippen LogP contribution in [0.5, 0.6) is 0 Å². The van der Waals surface area contributed by atoms with Gasteiger partial charge in [0, 0.05) is 0 Å². The minimum absolute atomic E-state index is 0.0338. The van der Waals surface area contributed by atoms with Crippen molar-refractivity contribution in [3.05, 3.63) is 0 Å². The molecule has 0 N–H and O–H groups in total. The molecule has 0 unspecified atom stereocenters. The quantitative estimate of drug-likeness (QED) is 0.539. The fourth-order valence-corrected chi connectivity index (χ4v) is 0.881. The molecule has 0 saturated carbocycles. The lowest BCUT2D eigenvalue weighted by Crippen LogP contribution is -1.94. The second-order valence-corrected chi connectivity index (χ2v) is 2.39. The summed E-state index contributed by atoms with van der Waals surface area (Å²) in [5.41, 5.74) is 0. The summed E-state index contributed by atoms with van der Waals surface area (Å²) in [4.78, 5) is 0. The minimum Gasteiger partial charge on any atom is -0.138 e. The van der Waals surface area contributed by atoms with E-state index in [4.69, 9.17) is 0 Å². The van der Waals surface area contributed by atoms with Gasteiger partial charge in [-0.3, -0.25) is 0 Å². The van der Waals surface area contributed by atoms with E-state index < -0.39 is 0 Å². The number of nitrogens with zero attached hydrogens (tertiary/aromatic N) is 4. The van der Waals surface area contributed by atoms with Crippen LogP contribution in [0.2, 0.25) is 0 Å². The van der Waals surface area contributed by atoms with E-state index in [2.05, 4.69) is 27.6 Å². The molecule has 1 aliphatic rings. The van der Waals surface area contributed by atoms with Crippen LogP contribution in [0.4, 0.5) is 0 Å². The Hall–Kier alpha value is -0.800. The van der Waals surface area contributed by atoms with Gasteiger partial charge in [0.1, 0.15) is 0 Å². The number of unbranched alkanes of at least 4 members (excludes halogenated alkanes) is 2. The number of rotatable bonds is 4. The van der Waals surface area contributed by atoms with Crippen LogP contribution in [-0.2, 0) is 0 Å². The van der Waals surface area contributed by atoms with E-state index in [9.17, 15) is 0 Å². The SMILES string of the molecule is CCCCCC1N=NN=N1. The van der Waals surface area contributed by atoms with Crippen LogP contribution in [0, 0.1) is 0 Å². The predicted octanol–water partition coefficient (Wildman–Crippen LogP) is 2.73. The van der Waals surface area contributed by atoms with Crippen molar-refractivity contribution in [2.75, 3.05) is 0 Å². The lowest BCUT2D eigenvalue weighted by molar-refractivity contribution is 0.573. The molecule has 1 heterocycles. The van der Waals surface area contributed by atoms with Crippen molar-refractivity contribution in [1.82, 2.24) is 0 Å². The fraction of sp³-hybridized carbons (Fsp3) is 1.00. The van der Waals surface area contributed by atoms with Crippen LogP contribution in [0.3, 0.4) is 0 Å². The summed E-state index contributed by atoms with van der Waals surface area (Å²) >= 11 is 0. The Morgan fingerprint density at radius 2 is 1.80 bits per heavy atom. The van der Waals surface area contributed by atoms with E-state index in [1.54, 1.807) is 0 Å². The lowest BCUT2D eigenvalue weighted by Gasteiger charge is -1.97. The molecule has 1 aliphatic heterocycles. The maximum Gasteiger partial charge on any atom is 0.185 e. The Kier molecular flexibility index (Phi) is 2.99. The summed E-state index contributed by atoms with van der Waals surface area (Å²) in [5, 5.41) is 14.5. The average molecular weight is 140 g/mol. The molecule has 4 nitrogen and oxygen atoms in total. The van der Waals surface area contributed by atoms with Crippen LogP contribution < -0.4 is 0 Å². The lowest BCUT2D eigenvalue weighted by atomic mass is 10.2. The first-order chi connectivity index (χ1) is 4.93. The van der Waals surface area contributed by atoms with Gasteiger partial charge in [-0.25, -0.2) is 0 Å². The molecule has 0 saturated heterocycles. The Balaban J connectivity index is 2.03. The first kappa shape index (κ1) is 7.31. The molecule has 0 fully saturated rings. The van der Waals surface area contributed by atoms with Crippen molar-refractivity contribution in [1.29, 1.82) is 0 Å². The molecule has 1 rings (SSSR count). The normalized spacial score (nSPS) is 16.9. The summed E-state index contributed by atoms with van der Waals surface area (Å²) in [5.74, 6) is 0. The Morgan fingerprint density at radius 1 is 1.10 bits per heavy atom. The first-order valence-electron chi connectivity index (χ1n) is 3.73. The van der Waals surface area contributed by atoms with E-state index in [-0.39, 0.29) is 6.17 Å². The van der Waals surface area contributed by atoms with E-state index >= 15 is 0 Å². The third-order valence-electron chi connectivity index (χ3n) is 1.48. The van der Waals surface area contributed by atoms with Crippen molar-refractivity contribution in [2.24, 2.45) is 20.7 Å². The molecule has 0 aromatic rings. The minimum atomic E-state index is 0.0338. The molecule has 0 bridgehead atoms. The van der Waals surface area contributed by atoms with E-state index in [0.717, 1.165) is 6.42 Å². The second-order valence-electron chi connectivity index (χ2n) is 2.39. The highest BCUT2D eigenvalue weighted by atomic mass is 15.6. The van der Waals surface area contributed by atoms with Crippen molar-refractivity contribution < 1.29 is 0 Å². The summed E-state index contributed by atoms with van der Waals surface area (Å²) in [6.07, 6.45) is 4.70. The van der Waals surface area contributed by atoms with E-state index in [0.29, 0.717) is 0 Å². The zero-order valence-electron chi connectivity index (χ0n) is 6.19. The molecule has 0 aliphatic carbocycles. The zero-order valence-corrected chi connectivity index (χ0v) is 6.19. The highest BCUT2D eigenvalue weighted by Gasteiger charge is 2.07. The number of hydrogen-bond donors (Lipinski definition) is 0. The third kappa shape index (κ3) is 2.21. The fourth-order valence-electron chi connectivity index (χ4n) is 0.881. The number of hydrogen-bond acceptors (Lipinski definition) is 4. The molecule has 0 radical (unpaired) electrons. The van der Waals surface area contributed by atoms with Gasteiger partial charge in [0.05, 0.1) is 0 Å². The predicted molar refractivity (Wildman–Crippen MR) is 37.6 cm³/mol. The maximum atomic E-state index is 3.80. The molecular weight excluding hydrogens is 128 g/mol. The first-order valence-corrected chi connectivity index (χ1v) is 3.73. The monoisotopic (exact) mass is 140 g/mol. The second kappa shape index (κ2) is 4.09. The Morgan fingerprint density at radius 3 is 2.40 bits per heavy atom. The van der Waals surface area contributed by atoms with Gasteiger partial charge in [0.15, 0.2) is 6.17 Å². The molecular formula is C6H12N4. The standard InChI is InChI=1S/C6H12N4/c1-2-3-4-5-6-7-9-10-8-6/h6H,2-5H2,1H3.